The van der Waals surface area contributed by atoms with Gasteiger partial charge in [-0.15, -0.1) is 0 Å². The van der Waals surface area contributed by atoms with Crippen molar-refractivity contribution < 1.29 is 1.43 Å². The Hall–Kier alpha value is -0.840. The predicted octanol–water partition coefficient (Wildman–Crippen LogP) is 1.67. The van der Waals surface area contributed by atoms with E-state index in [2.05, 4.69) is 28.5 Å². The van der Waals surface area contributed by atoms with Gasteiger partial charge in [0.1, 0.15) is 0 Å². The van der Waals surface area contributed by atoms with E-state index < -0.39 is 0 Å². The van der Waals surface area contributed by atoms with E-state index in [-0.39, 0.29) is 1.43 Å². The van der Waals surface area contributed by atoms with E-state index >= 15 is 0 Å². The minimum Gasteiger partial charge on any atom is -0.358 e. The van der Waals surface area contributed by atoms with Crippen molar-refractivity contribution in [2.24, 2.45) is 0 Å². The first-order chi connectivity index (χ1) is 5.59. The Morgan fingerprint density at radius 2 is 2.17 bits per heavy atom. The van der Waals surface area contributed by atoms with E-state index in [1.807, 2.05) is 19.0 Å². The molecule has 1 aromatic heterocycles. The summed E-state index contributed by atoms with van der Waals surface area (Å²) < 4.78 is 4.16. The van der Waals surface area contributed by atoms with Gasteiger partial charge in [-0.2, -0.15) is 9.36 Å². The van der Waals surface area contributed by atoms with Gasteiger partial charge >= 0.3 is 0 Å². The van der Waals surface area contributed by atoms with Gasteiger partial charge < -0.3 is 10.2 Å². The lowest BCUT2D eigenvalue weighted by Crippen LogP contribution is -2.12. The number of nitrogens with zero attached hydrogens (tertiary/aromatic N) is 3. The number of hydrogen-bond acceptors (Lipinski definition) is 5. The third-order valence-corrected chi connectivity index (χ3v) is 1.86. The molecule has 1 heterocycles. The summed E-state index contributed by atoms with van der Waals surface area (Å²) in [5.41, 5.74) is 0. The van der Waals surface area contributed by atoms with Gasteiger partial charge in [-0.05, 0) is 13.8 Å². The van der Waals surface area contributed by atoms with Crippen molar-refractivity contribution in [3.63, 3.8) is 0 Å². The van der Waals surface area contributed by atoms with E-state index in [1.54, 1.807) is 0 Å². The Balaban J connectivity index is 0.00000144. The molecule has 0 saturated heterocycles. The van der Waals surface area contributed by atoms with Gasteiger partial charge in [-0.1, -0.05) is 0 Å². The van der Waals surface area contributed by atoms with Crippen molar-refractivity contribution in [1.29, 1.82) is 0 Å². The molecule has 70 valence electrons. The molecule has 0 radical (unpaired) electrons. The lowest BCUT2D eigenvalue weighted by Gasteiger charge is -2.05. The Morgan fingerprint density at radius 3 is 2.58 bits per heavy atom. The summed E-state index contributed by atoms with van der Waals surface area (Å²) in [5, 5.41) is 4.08. The summed E-state index contributed by atoms with van der Waals surface area (Å²) in [6.45, 7) is 4.16. The van der Waals surface area contributed by atoms with E-state index in [9.17, 15) is 0 Å². The molecule has 0 spiro atoms. The van der Waals surface area contributed by atoms with Gasteiger partial charge in [0.15, 0.2) is 0 Å². The topological polar surface area (TPSA) is 41.1 Å². The SMILES string of the molecule is CC(C)Nc1nc(N(C)C)ns1.[HH]. The third-order valence-electron chi connectivity index (χ3n) is 1.23. The minimum absolute atomic E-state index is 0. The van der Waals surface area contributed by atoms with E-state index in [1.165, 1.54) is 11.5 Å². The highest BCUT2D eigenvalue weighted by atomic mass is 32.1. The Kier molecular flexibility index (Phi) is 2.86. The molecule has 1 N–H and O–H groups in total. The van der Waals surface area contributed by atoms with Crippen LogP contribution in [0.25, 0.3) is 0 Å². The van der Waals surface area contributed by atoms with Crippen LogP contribution in [-0.4, -0.2) is 29.5 Å². The fraction of sp³-hybridized carbons (Fsp3) is 0.714. The lowest BCUT2D eigenvalue weighted by molar-refractivity contribution is 0.894. The van der Waals surface area contributed by atoms with Gasteiger partial charge in [-0.3, -0.25) is 0 Å². The zero-order valence-electron chi connectivity index (χ0n) is 7.83. The van der Waals surface area contributed by atoms with Crippen LogP contribution in [0, 0.1) is 0 Å². The van der Waals surface area contributed by atoms with Crippen LogP contribution in [0.4, 0.5) is 11.1 Å². The zero-order chi connectivity index (χ0) is 9.14. The second kappa shape index (κ2) is 3.71. The van der Waals surface area contributed by atoms with Crippen LogP contribution in [0.15, 0.2) is 0 Å². The number of nitrogens with one attached hydrogen (secondary N) is 1. The predicted molar refractivity (Wildman–Crippen MR) is 55.1 cm³/mol. The third kappa shape index (κ3) is 2.34. The molecule has 0 aliphatic heterocycles. The Bertz CT molecular complexity index is 248. The molecule has 5 heteroatoms. The molecule has 1 aromatic rings. The molecule has 0 aliphatic rings. The summed E-state index contributed by atoms with van der Waals surface area (Å²) in [5.74, 6) is 0.767. The van der Waals surface area contributed by atoms with E-state index in [4.69, 9.17) is 0 Å². The van der Waals surface area contributed by atoms with E-state index in [0.29, 0.717) is 6.04 Å². The van der Waals surface area contributed by atoms with Crippen molar-refractivity contribution in [1.82, 2.24) is 9.36 Å². The average Bonchev–Trinajstić information content (AvgIpc) is 2.34. The molecule has 0 bridgehead atoms. The molecular weight excluding hydrogens is 172 g/mol. The fourth-order valence-electron chi connectivity index (χ4n) is 0.703. The number of rotatable bonds is 3. The van der Waals surface area contributed by atoms with Crippen molar-refractivity contribution >= 4 is 22.6 Å². The molecule has 4 nitrogen and oxygen atoms in total. The standard InChI is InChI=1S/C7H14N4S.H2/c1-5(2)8-7-9-6(10-12-7)11(3)4;/h5H,1-4H3,(H,8,9,10);1H. The maximum atomic E-state index is 4.27. The van der Waals surface area contributed by atoms with Crippen LogP contribution < -0.4 is 10.2 Å². The molecule has 0 saturated carbocycles. The first-order valence-corrected chi connectivity index (χ1v) is 4.64. The summed E-state index contributed by atoms with van der Waals surface area (Å²) in [7, 11) is 3.86. The second-order valence-electron chi connectivity index (χ2n) is 3.09. The van der Waals surface area contributed by atoms with E-state index in [0.717, 1.165) is 11.1 Å². The molecule has 0 unspecified atom stereocenters. The quantitative estimate of drug-likeness (QED) is 0.783. The van der Waals surface area contributed by atoms with Crippen LogP contribution in [0.5, 0.6) is 0 Å². The normalized spacial score (nSPS) is 10.4. The Morgan fingerprint density at radius 1 is 1.50 bits per heavy atom. The Labute approximate surface area is 78.3 Å². The molecule has 0 amide bonds. The van der Waals surface area contributed by atoms with Gasteiger partial charge in [-0.25, -0.2) is 0 Å². The van der Waals surface area contributed by atoms with Crippen LogP contribution in [0.3, 0.4) is 0 Å². The van der Waals surface area contributed by atoms with Gasteiger partial charge in [0.2, 0.25) is 11.1 Å². The highest BCUT2D eigenvalue weighted by Crippen LogP contribution is 2.16. The van der Waals surface area contributed by atoms with Gasteiger partial charge in [0.25, 0.3) is 0 Å². The number of aromatic nitrogens is 2. The summed E-state index contributed by atoms with van der Waals surface area (Å²) in [6.07, 6.45) is 0. The van der Waals surface area contributed by atoms with Crippen LogP contribution >= 0.6 is 11.5 Å². The van der Waals surface area contributed by atoms with Gasteiger partial charge in [0, 0.05) is 33.1 Å². The van der Waals surface area contributed by atoms with Crippen LogP contribution in [0.2, 0.25) is 0 Å². The molecule has 0 aliphatic carbocycles. The first kappa shape index (κ1) is 9.25. The highest BCUT2D eigenvalue weighted by Gasteiger charge is 2.05. The van der Waals surface area contributed by atoms with Crippen LogP contribution in [-0.2, 0) is 0 Å². The molecule has 0 aromatic carbocycles. The monoisotopic (exact) mass is 188 g/mol. The first-order valence-electron chi connectivity index (χ1n) is 3.87. The maximum absolute atomic E-state index is 4.27. The largest absolute Gasteiger partial charge is 0.358 e. The van der Waals surface area contributed by atoms with Crippen molar-refractivity contribution in [2.75, 3.05) is 24.3 Å². The number of hydrogen-bond donors (Lipinski definition) is 1. The highest BCUT2D eigenvalue weighted by molar-refractivity contribution is 7.09. The average molecular weight is 188 g/mol. The van der Waals surface area contributed by atoms with Crippen LogP contribution in [0.1, 0.15) is 15.3 Å². The number of anilines is 2. The van der Waals surface area contributed by atoms with Crippen molar-refractivity contribution in [3.05, 3.63) is 0 Å². The summed E-state index contributed by atoms with van der Waals surface area (Å²) in [6, 6.07) is 0.410. The zero-order valence-corrected chi connectivity index (χ0v) is 8.64. The van der Waals surface area contributed by atoms with Crippen molar-refractivity contribution in [3.8, 4) is 0 Å². The molecule has 12 heavy (non-hydrogen) atoms. The summed E-state index contributed by atoms with van der Waals surface area (Å²) in [4.78, 5) is 6.16. The lowest BCUT2D eigenvalue weighted by atomic mass is 10.4. The summed E-state index contributed by atoms with van der Waals surface area (Å²) >= 11 is 1.39. The molecule has 0 fully saturated rings. The van der Waals surface area contributed by atoms with Crippen molar-refractivity contribution in [2.45, 2.75) is 19.9 Å². The minimum atomic E-state index is 0. The fourth-order valence-corrected chi connectivity index (χ4v) is 1.49. The molecular formula is C7H16N4S. The smallest absolute Gasteiger partial charge is 0.238 e. The molecule has 1 rings (SSSR count). The maximum Gasteiger partial charge on any atom is 0.238 e. The second-order valence-corrected chi connectivity index (χ2v) is 3.84. The van der Waals surface area contributed by atoms with Gasteiger partial charge in [0.05, 0.1) is 0 Å². The molecule has 0 atom stereocenters.